The quantitative estimate of drug-likeness (QED) is 0.841. The van der Waals surface area contributed by atoms with E-state index in [-0.39, 0.29) is 0 Å². The second-order valence-corrected chi connectivity index (χ2v) is 5.45. The highest BCUT2D eigenvalue weighted by atomic mass is 32.1. The van der Waals surface area contributed by atoms with Gasteiger partial charge in [-0.05, 0) is 24.7 Å². The molecule has 1 fully saturated rings. The number of ether oxygens (including phenoxy) is 1. The summed E-state index contributed by atoms with van der Waals surface area (Å²) in [5, 5.41) is 0. The molecule has 1 heterocycles. The van der Waals surface area contributed by atoms with Gasteiger partial charge in [-0.25, -0.2) is 0 Å². The van der Waals surface area contributed by atoms with Crippen LogP contribution in [0, 0.1) is 0 Å². The highest BCUT2D eigenvalue weighted by molar-refractivity contribution is 7.80. The van der Waals surface area contributed by atoms with Crippen molar-refractivity contribution in [2.24, 2.45) is 0 Å². The summed E-state index contributed by atoms with van der Waals surface area (Å²) in [5.41, 5.74) is 1.39. The Bertz CT molecular complexity index is 344. The Morgan fingerprint density at radius 3 is 2.89 bits per heavy atom. The summed E-state index contributed by atoms with van der Waals surface area (Å²) in [6.07, 6.45) is 1.49. The lowest BCUT2D eigenvalue weighted by Gasteiger charge is -2.26. The predicted molar refractivity (Wildman–Crippen MR) is 79.5 cm³/mol. The van der Waals surface area contributed by atoms with E-state index in [1.807, 2.05) is 0 Å². The Hall–Kier alpha value is -0.510. The molecular weight excluding hydrogens is 242 g/mol. The second kappa shape index (κ2) is 7.17. The van der Waals surface area contributed by atoms with Gasteiger partial charge >= 0.3 is 0 Å². The van der Waals surface area contributed by atoms with Gasteiger partial charge in [-0.3, -0.25) is 0 Å². The third kappa shape index (κ3) is 4.01. The summed E-state index contributed by atoms with van der Waals surface area (Å²) in [7, 11) is 0. The molecule has 1 aliphatic heterocycles. The summed E-state index contributed by atoms with van der Waals surface area (Å²) >= 11 is 4.52. The van der Waals surface area contributed by atoms with Crippen LogP contribution in [-0.4, -0.2) is 43.0 Å². The summed E-state index contributed by atoms with van der Waals surface area (Å²) in [6.45, 7) is 6.32. The molecule has 1 aromatic carbocycles. The minimum absolute atomic E-state index is 0.351. The standard InChI is InChI=1S/C15H23NOS/c1-13-10-16(8-5-9-17-13)11-15(12-18)14-6-3-2-4-7-14/h2-4,6-7,13,15,18H,5,8-12H2,1H3. The molecule has 2 nitrogen and oxygen atoms in total. The van der Waals surface area contributed by atoms with Gasteiger partial charge in [-0.1, -0.05) is 30.3 Å². The molecule has 0 radical (unpaired) electrons. The molecule has 2 rings (SSSR count). The van der Waals surface area contributed by atoms with Crippen molar-refractivity contribution in [3.8, 4) is 0 Å². The maximum Gasteiger partial charge on any atom is 0.0673 e. The lowest BCUT2D eigenvalue weighted by molar-refractivity contribution is 0.0672. The van der Waals surface area contributed by atoms with Gasteiger partial charge in [-0.2, -0.15) is 12.6 Å². The van der Waals surface area contributed by atoms with E-state index in [0.29, 0.717) is 12.0 Å². The van der Waals surface area contributed by atoms with E-state index in [1.54, 1.807) is 0 Å². The molecule has 1 aromatic rings. The van der Waals surface area contributed by atoms with Crippen molar-refractivity contribution in [3.63, 3.8) is 0 Å². The fourth-order valence-electron chi connectivity index (χ4n) is 2.55. The zero-order valence-corrected chi connectivity index (χ0v) is 12.0. The molecule has 0 spiro atoms. The van der Waals surface area contributed by atoms with Gasteiger partial charge < -0.3 is 9.64 Å². The molecule has 18 heavy (non-hydrogen) atoms. The fourth-order valence-corrected chi connectivity index (χ4v) is 2.88. The molecule has 100 valence electrons. The third-order valence-corrected chi connectivity index (χ3v) is 3.95. The van der Waals surface area contributed by atoms with Gasteiger partial charge in [0.25, 0.3) is 0 Å². The van der Waals surface area contributed by atoms with Crippen molar-refractivity contribution in [1.82, 2.24) is 4.90 Å². The van der Waals surface area contributed by atoms with Crippen LogP contribution in [0.15, 0.2) is 30.3 Å². The van der Waals surface area contributed by atoms with Gasteiger partial charge in [0.05, 0.1) is 6.10 Å². The first-order valence-corrected chi connectivity index (χ1v) is 7.42. The number of hydrogen-bond donors (Lipinski definition) is 1. The van der Waals surface area contributed by atoms with Crippen LogP contribution in [0.1, 0.15) is 24.8 Å². The molecule has 3 heteroatoms. The predicted octanol–water partition coefficient (Wildman–Crippen LogP) is 2.81. The number of nitrogens with zero attached hydrogens (tertiary/aromatic N) is 1. The zero-order valence-electron chi connectivity index (χ0n) is 11.1. The average Bonchev–Trinajstić information content (AvgIpc) is 2.61. The van der Waals surface area contributed by atoms with Gasteiger partial charge in [0.15, 0.2) is 0 Å². The van der Waals surface area contributed by atoms with Crippen LogP contribution in [0.5, 0.6) is 0 Å². The normalized spacial score (nSPS) is 23.6. The molecule has 2 atom stereocenters. The topological polar surface area (TPSA) is 12.5 Å². The van der Waals surface area contributed by atoms with E-state index in [4.69, 9.17) is 4.74 Å². The van der Waals surface area contributed by atoms with E-state index < -0.39 is 0 Å². The van der Waals surface area contributed by atoms with Gasteiger partial charge in [0.2, 0.25) is 0 Å². The third-order valence-electron chi connectivity index (χ3n) is 3.51. The maximum atomic E-state index is 5.69. The first kappa shape index (κ1) is 13.9. The lowest BCUT2D eigenvalue weighted by atomic mass is 10.0. The molecule has 0 aliphatic carbocycles. The smallest absolute Gasteiger partial charge is 0.0673 e. The van der Waals surface area contributed by atoms with Crippen molar-refractivity contribution in [1.29, 1.82) is 0 Å². The Kier molecular flexibility index (Phi) is 5.54. The summed E-state index contributed by atoms with van der Waals surface area (Å²) in [6, 6.07) is 10.7. The molecule has 0 saturated carbocycles. The number of hydrogen-bond acceptors (Lipinski definition) is 3. The summed E-state index contributed by atoms with van der Waals surface area (Å²) in [4.78, 5) is 2.52. The van der Waals surface area contributed by atoms with E-state index in [0.717, 1.165) is 38.4 Å². The van der Waals surface area contributed by atoms with Crippen molar-refractivity contribution >= 4 is 12.6 Å². The van der Waals surface area contributed by atoms with Crippen molar-refractivity contribution in [3.05, 3.63) is 35.9 Å². The minimum atomic E-state index is 0.351. The van der Waals surface area contributed by atoms with Crippen LogP contribution in [0.25, 0.3) is 0 Å². The lowest BCUT2D eigenvalue weighted by Crippen LogP contribution is -2.34. The molecule has 2 unspecified atom stereocenters. The van der Waals surface area contributed by atoms with E-state index in [9.17, 15) is 0 Å². The monoisotopic (exact) mass is 265 g/mol. The molecule has 0 aromatic heterocycles. The van der Waals surface area contributed by atoms with Crippen LogP contribution < -0.4 is 0 Å². The molecule has 0 amide bonds. The number of benzene rings is 1. The average molecular weight is 265 g/mol. The van der Waals surface area contributed by atoms with Crippen molar-refractivity contribution in [2.45, 2.75) is 25.4 Å². The van der Waals surface area contributed by atoms with Crippen LogP contribution in [0.4, 0.5) is 0 Å². The minimum Gasteiger partial charge on any atom is -0.377 e. The molecular formula is C15H23NOS. The SMILES string of the molecule is CC1CN(CC(CS)c2ccccc2)CCCO1. The van der Waals surface area contributed by atoms with E-state index in [1.165, 1.54) is 5.56 Å². The first-order valence-electron chi connectivity index (χ1n) is 6.79. The molecule has 1 saturated heterocycles. The summed E-state index contributed by atoms with van der Waals surface area (Å²) in [5.74, 6) is 1.41. The molecule has 0 bridgehead atoms. The van der Waals surface area contributed by atoms with Gasteiger partial charge in [-0.15, -0.1) is 0 Å². The zero-order chi connectivity index (χ0) is 12.8. The van der Waals surface area contributed by atoms with Crippen molar-refractivity contribution in [2.75, 3.05) is 32.0 Å². The molecule has 1 aliphatic rings. The largest absolute Gasteiger partial charge is 0.377 e. The van der Waals surface area contributed by atoms with E-state index >= 15 is 0 Å². The van der Waals surface area contributed by atoms with Crippen LogP contribution >= 0.6 is 12.6 Å². The fraction of sp³-hybridized carbons (Fsp3) is 0.600. The van der Waals surface area contributed by atoms with Gasteiger partial charge in [0, 0.05) is 32.2 Å². The summed E-state index contributed by atoms with van der Waals surface area (Å²) < 4.78 is 5.69. The van der Waals surface area contributed by atoms with Crippen LogP contribution in [-0.2, 0) is 4.74 Å². The van der Waals surface area contributed by atoms with Crippen LogP contribution in [0.2, 0.25) is 0 Å². The highest BCUT2D eigenvalue weighted by Gasteiger charge is 2.19. The number of thiol groups is 1. The van der Waals surface area contributed by atoms with Gasteiger partial charge in [0.1, 0.15) is 0 Å². The maximum absolute atomic E-state index is 5.69. The Morgan fingerprint density at radius 1 is 1.39 bits per heavy atom. The Labute approximate surface area is 116 Å². The second-order valence-electron chi connectivity index (χ2n) is 5.08. The Morgan fingerprint density at radius 2 is 2.17 bits per heavy atom. The van der Waals surface area contributed by atoms with Crippen LogP contribution in [0.3, 0.4) is 0 Å². The number of rotatable bonds is 4. The first-order chi connectivity index (χ1) is 8.79. The highest BCUT2D eigenvalue weighted by Crippen LogP contribution is 2.19. The van der Waals surface area contributed by atoms with Crippen molar-refractivity contribution < 1.29 is 4.74 Å². The van der Waals surface area contributed by atoms with E-state index in [2.05, 4.69) is 54.8 Å². The Balaban J connectivity index is 1.97. The molecule has 0 N–H and O–H groups in total.